The van der Waals surface area contributed by atoms with Crippen LogP contribution in [0, 0.1) is 5.82 Å². The van der Waals surface area contributed by atoms with Crippen LogP contribution < -0.4 is 5.32 Å². The van der Waals surface area contributed by atoms with Gasteiger partial charge in [-0.2, -0.15) is 0 Å². The maximum absolute atomic E-state index is 13.3. The van der Waals surface area contributed by atoms with Crippen molar-refractivity contribution in [3.63, 3.8) is 0 Å². The van der Waals surface area contributed by atoms with E-state index in [-0.39, 0.29) is 18.0 Å². The van der Waals surface area contributed by atoms with Crippen LogP contribution in [-0.2, 0) is 4.74 Å². The molecule has 0 saturated carbocycles. The van der Waals surface area contributed by atoms with Crippen LogP contribution in [0.1, 0.15) is 28.2 Å². The molecule has 1 saturated heterocycles. The van der Waals surface area contributed by atoms with Crippen LogP contribution in [0.15, 0.2) is 41.8 Å². The first-order valence-corrected chi connectivity index (χ1v) is 8.95. The Labute approximate surface area is 145 Å². The molecule has 0 radical (unpaired) electrons. The Morgan fingerprint density at radius 1 is 1.29 bits per heavy atom. The Balaban J connectivity index is 1.75. The molecule has 1 fully saturated rings. The van der Waals surface area contributed by atoms with Crippen molar-refractivity contribution < 1.29 is 13.9 Å². The molecule has 24 heavy (non-hydrogen) atoms. The van der Waals surface area contributed by atoms with Gasteiger partial charge in [0.05, 0.1) is 19.3 Å². The van der Waals surface area contributed by atoms with Crippen molar-refractivity contribution in [3.8, 4) is 0 Å². The summed E-state index contributed by atoms with van der Waals surface area (Å²) in [5, 5.41) is 5.07. The summed E-state index contributed by atoms with van der Waals surface area (Å²) < 4.78 is 18.8. The van der Waals surface area contributed by atoms with E-state index >= 15 is 0 Å². The normalized spacial score (nSPS) is 18.1. The number of carbonyl (C=O) groups is 1. The second-order valence-corrected chi connectivity index (χ2v) is 6.86. The number of hydrogen-bond donors (Lipinski definition) is 1. The van der Waals surface area contributed by atoms with E-state index in [1.807, 2.05) is 18.4 Å². The Morgan fingerprint density at radius 2 is 2.08 bits per heavy atom. The number of rotatable bonds is 5. The van der Waals surface area contributed by atoms with Crippen LogP contribution in [0.4, 0.5) is 4.39 Å². The van der Waals surface area contributed by atoms with Gasteiger partial charge in [0.1, 0.15) is 5.82 Å². The lowest BCUT2D eigenvalue weighted by Crippen LogP contribution is -2.48. The molecule has 2 atom stereocenters. The average molecular weight is 348 g/mol. The van der Waals surface area contributed by atoms with Crippen molar-refractivity contribution >= 4 is 17.2 Å². The van der Waals surface area contributed by atoms with Gasteiger partial charge in [-0.05, 0) is 36.6 Å². The fraction of sp³-hybridized carbons (Fsp3) is 0.389. The van der Waals surface area contributed by atoms with Crippen LogP contribution in [-0.4, -0.2) is 43.2 Å². The highest BCUT2D eigenvalue weighted by atomic mass is 32.1. The fourth-order valence-corrected chi connectivity index (χ4v) is 4.02. The molecule has 1 aliphatic rings. The van der Waals surface area contributed by atoms with Crippen molar-refractivity contribution in [1.29, 1.82) is 0 Å². The predicted molar refractivity (Wildman–Crippen MR) is 92.8 cm³/mol. The van der Waals surface area contributed by atoms with E-state index in [0.717, 1.165) is 13.1 Å². The van der Waals surface area contributed by atoms with Gasteiger partial charge in [-0.15, -0.1) is 11.3 Å². The first kappa shape index (κ1) is 17.1. The molecular formula is C18H21FN2O2S. The standard InChI is InChI=1S/C18H21FN2O2S/c1-13(20-18(22)14-4-2-5-15(19)12-14)17(16-6-3-11-24-16)21-7-9-23-10-8-21/h2-6,11-13,17H,7-10H2,1H3,(H,20,22)/t13-,17-/m0/s1. The minimum Gasteiger partial charge on any atom is -0.379 e. The van der Waals surface area contributed by atoms with Crippen LogP contribution in [0.25, 0.3) is 0 Å². The quantitative estimate of drug-likeness (QED) is 0.903. The van der Waals surface area contributed by atoms with Crippen LogP contribution >= 0.6 is 11.3 Å². The number of hydrogen-bond acceptors (Lipinski definition) is 4. The number of ether oxygens (including phenoxy) is 1. The molecule has 4 nitrogen and oxygen atoms in total. The van der Waals surface area contributed by atoms with Crippen molar-refractivity contribution in [1.82, 2.24) is 10.2 Å². The summed E-state index contributed by atoms with van der Waals surface area (Å²) >= 11 is 1.68. The highest BCUT2D eigenvalue weighted by Gasteiger charge is 2.29. The van der Waals surface area contributed by atoms with E-state index in [1.54, 1.807) is 23.5 Å². The summed E-state index contributed by atoms with van der Waals surface area (Å²) in [6, 6.07) is 9.88. The van der Waals surface area contributed by atoms with E-state index in [0.29, 0.717) is 18.8 Å². The van der Waals surface area contributed by atoms with E-state index in [2.05, 4.69) is 16.3 Å². The molecule has 6 heteroatoms. The molecule has 2 heterocycles. The van der Waals surface area contributed by atoms with Gasteiger partial charge in [-0.3, -0.25) is 9.69 Å². The maximum Gasteiger partial charge on any atom is 0.251 e. The third-order valence-corrected chi connectivity index (χ3v) is 5.14. The number of nitrogens with one attached hydrogen (secondary N) is 1. The molecule has 2 aromatic rings. The monoisotopic (exact) mass is 348 g/mol. The van der Waals surface area contributed by atoms with Gasteiger partial charge in [0.15, 0.2) is 0 Å². The zero-order chi connectivity index (χ0) is 16.9. The number of benzene rings is 1. The van der Waals surface area contributed by atoms with Crippen molar-refractivity contribution in [3.05, 3.63) is 58.0 Å². The Morgan fingerprint density at radius 3 is 2.75 bits per heavy atom. The van der Waals surface area contributed by atoms with Crippen molar-refractivity contribution in [2.45, 2.75) is 19.0 Å². The molecule has 1 aromatic heterocycles. The lowest BCUT2D eigenvalue weighted by Gasteiger charge is -2.37. The molecular weight excluding hydrogens is 327 g/mol. The van der Waals surface area contributed by atoms with Crippen molar-refractivity contribution in [2.24, 2.45) is 0 Å². The van der Waals surface area contributed by atoms with Gasteiger partial charge in [0.2, 0.25) is 0 Å². The van der Waals surface area contributed by atoms with Crippen molar-refractivity contribution in [2.75, 3.05) is 26.3 Å². The second-order valence-electron chi connectivity index (χ2n) is 5.88. The number of thiophene rings is 1. The third kappa shape index (κ3) is 4.01. The second kappa shape index (κ2) is 7.88. The molecule has 1 aromatic carbocycles. The van der Waals surface area contributed by atoms with Gasteiger partial charge < -0.3 is 10.1 Å². The van der Waals surface area contributed by atoms with Gasteiger partial charge in [0, 0.05) is 29.6 Å². The first-order chi connectivity index (χ1) is 11.6. The lowest BCUT2D eigenvalue weighted by atomic mass is 10.0. The summed E-state index contributed by atoms with van der Waals surface area (Å²) in [6.45, 7) is 5.07. The summed E-state index contributed by atoms with van der Waals surface area (Å²) in [5.74, 6) is -0.657. The molecule has 0 unspecified atom stereocenters. The molecule has 1 N–H and O–H groups in total. The highest BCUT2D eigenvalue weighted by Crippen LogP contribution is 2.29. The molecule has 128 valence electrons. The molecule has 0 bridgehead atoms. The van der Waals surface area contributed by atoms with Gasteiger partial charge in [-0.25, -0.2) is 4.39 Å². The Hall–Kier alpha value is -1.76. The molecule has 3 rings (SSSR count). The number of halogens is 1. The Kier molecular flexibility index (Phi) is 5.60. The average Bonchev–Trinajstić information content (AvgIpc) is 3.10. The van der Waals surface area contributed by atoms with Gasteiger partial charge >= 0.3 is 0 Å². The van der Waals surface area contributed by atoms with Gasteiger partial charge in [-0.1, -0.05) is 12.1 Å². The first-order valence-electron chi connectivity index (χ1n) is 8.07. The molecule has 0 spiro atoms. The summed E-state index contributed by atoms with van der Waals surface area (Å²) in [6.07, 6.45) is 0. The number of carbonyl (C=O) groups excluding carboxylic acids is 1. The third-order valence-electron chi connectivity index (χ3n) is 4.19. The highest BCUT2D eigenvalue weighted by molar-refractivity contribution is 7.10. The maximum atomic E-state index is 13.3. The predicted octanol–water partition coefficient (Wildman–Crippen LogP) is 3.08. The summed E-state index contributed by atoms with van der Waals surface area (Å²) in [4.78, 5) is 16.0. The molecule has 1 amide bonds. The van der Waals surface area contributed by atoms with E-state index in [9.17, 15) is 9.18 Å². The number of morpholine rings is 1. The minimum atomic E-state index is -0.404. The Bertz CT molecular complexity index is 671. The number of nitrogens with zero attached hydrogens (tertiary/aromatic N) is 1. The minimum absolute atomic E-state index is 0.0893. The number of amides is 1. The lowest BCUT2D eigenvalue weighted by molar-refractivity contribution is 0.00969. The van der Waals surface area contributed by atoms with Gasteiger partial charge in [0.25, 0.3) is 5.91 Å². The smallest absolute Gasteiger partial charge is 0.251 e. The summed E-state index contributed by atoms with van der Waals surface area (Å²) in [5.41, 5.74) is 0.341. The van der Waals surface area contributed by atoms with Crippen LogP contribution in [0.3, 0.4) is 0 Å². The largest absolute Gasteiger partial charge is 0.379 e. The molecule has 0 aliphatic carbocycles. The zero-order valence-corrected chi connectivity index (χ0v) is 14.4. The van der Waals surface area contributed by atoms with E-state index in [4.69, 9.17) is 4.74 Å². The molecule has 1 aliphatic heterocycles. The zero-order valence-electron chi connectivity index (χ0n) is 13.6. The topological polar surface area (TPSA) is 41.6 Å². The fourth-order valence-electron chi connectivity index (χ4n) is 3.06. The van der Waals surface area contributed by atoms with Crippen LogP contribution in [0.2, 0.25) is 0 Å². The van der Waals surface area contributed by atoms with Crippen LogP contribution in [0.5, 0.6) is 0 Å². The summed E-state index contributed by atoms with van der Waals surface area (Å²) in [7, 11) is 0. The van der Waals surface area contributed by atoms with E-state index < -0.39 is 5.82 Å². The SMILES string of the molecule is C[C@H](NC(=O)c1cccc(F)c1)[C@@H](c1cccs1)N1CCOCC1. The van der Waals surface area contributed by atoms with E-state index in [1.165, 1.54) is 17.0 Å².